The van der Waals surface area contributed by atoms with Gasteiger partial charge in [-0.25, -0.2) is 4.79 Å². The van der Waals surface area contributed by atoms with Crippen LogP contribution in [0.15, 0.2) is 0 Å². The molecule has 1 unspecified atom stereocenters. The Labute approximate surface area is 147 Å². The summed E-state index contributed by atoms with van der Waals surface area (Å²) in [6.45, 7) is 7.28. The van der Waals surface area contributed by atoms with E-state index >= 15 is 0 Å². The van der Waals surface area contributed by atoms with Crippen LogP contribution >= 0.6 is 0 Å². The summed E-state index contributed by atoms with van der Waals surface area (Å²) < 4.78 is 5.15. The Bertz CT molecular complexity index is 229. The summed E-state index contributed by atoms with van der Waals surface area (Å²) in [5.74, 6) is 0. The third-order valence-corrected chi connectivity index (χ3v) is 2.34. The molecule has 16 heavy (non-hydrogen) atoms. The van der Waals surface area contributed by atoms with E-state index in [1.165, 1.54) is 0 Å². The summed E-state index contributed by atoms with van der Waals surface area (Å²) in [4.78, 5) is 13.6. The van der Waals surface area contributed by atoms with Crippen LogP contribution in [0.25, 0.3) is 0 Å². The van der Waals surface area contributed by atoms with Crippen LogP contribution in [0.4, 0.5) is 4.79 Å². The van der Waals surface area contributed by atoms with Crippen LogP contribution in [0, 0.1) is 6.42 Å². The SMILES string of the molecule is CN1CC[CH-]C1CNC(=O)OC(C)(C)C.[Rb+]. The maximum Gasteiger partial charge on any atom is 1.00 e. The van der Waals surface area contributed by atoms with Crippen LogP contribution in [0.2, 0.25) is 0 Å². The van der Waals surface area contributed by atoms with Crippen LogP contribution in [0.3, 0.4) is 0 Å². The number of nitrogens with one attached hydrogen (secondary N) is 1. The molecule has 0 aliphatic carbocycles. The zero-order valence-corrected chi connectivity index (χ0v) is 16.0. The van der Waals surface area contributed by atoms with Crippen LogP contribution in [0.5, 0.6) is 0 Å². The van der Waals surface area contributed by atoms with Crippen molar-refractivity contribution in [2.24, 2.45) is 0 Å². The molecule has 1 atom stereocenters. The molecular formula is C11H21N2O2Rb. The zero-order valence-electron chi connectivity index (χ0n) is 11.0. The molecule has 0 bridgehead atoms. The number of hydrogen-bond acceptors (Lipinski definition) is 3. The Kier molecular flexibility index (Phi) is 7.95. The largest absolute Gasteiger partial charge is 1.00 e. The van der Waals surface area contributed by atoms with Gasteiger partial charge in [0, 0.05) is 6.54 Å². The average Bonchev–Trinajstić information content (AvgIpc) is 2.44. The van der Waals surface area contributed by atoms with E-state index in [4.69, 9.17) is 4.74 Å². The first-order valence-electron chi connectivity index (χ1n) is 5.39. The van der Waals surface area contributed by atoms with Crippen molar-refractivity contribution in [1.29, 1.82) is 0 Å². The standard InChI is InChI=1S/C11H21N2O2.Rb/c1-11(2,3)15-10(14)12-8-9-6-5-7-13(9)4;/h6,9H,5,7-8H2,1-4H3,(H,12,14);/q-1;+1. The van der Waals surface area contributed by atoms with Crippen molar-refractivity contribution in [3.63, 3.8) is 0 Å². The number of alkyl carbamates (subject to hydrolysis) is 1. The van der Waals surface area contributed by atoms with E-state index in [0.717, 1.165) is 13.0 Å². The third-order valence-electron chi connectivity index (χ3n) is 2.34. The van der Waals surface area contributed by atoms with Crippen molar-refractivity contribution in [2.75, 3.05) is 20.1 Å². The fourth-order valence-corrected chi connectivity index (χ4v) is 1.56. The molecule has 1 fully saturated rings. The van der Waals surface area contributed by atoms with E-state index in [2.05, 4.69) is 23.7 Å². The van der Waals surface area contributed by atoms with E-state index in [1.54, 1.807) is 0 Å². The molecule has 0 spiro atoms. The quantitative estimate of drug-likeness (QED) is 0.626. The first kappa shape index (κ1) is 17.0. The molecule has 1 aliphatic heterocycles. The topological polar surface area (TPSA) is 41.6 Å². The van der Waals surface area contributed by atoms with Crippen LogP contribution in [0.1, 0.15) is 27.2 Å². The first-order valence-corrected chi connectivity index (χ1v) is 5.39. The van der Waals surface area contributed by atoms with Gasteiger partial charge in [-0.3, -0.25) is 0 Å². The van der Waals surface area contributed by atoms with E-state index in [-0.39, 0.29) is 64.3 Å². The summed E-state index contributed by atoms with van der Waals surface area (Å²) in [7, 11) is 2.06. The molecule has 0 aromatic heterocycles. The molecule has 1 saturated heterocycles. The fourth-order valence-electron chi connectivity index (χ4n) is 1.56. The second-order valence-corrected chi connectivity index (χ2v) is 4.96. The second-order valence-electron chi connectivity index (χ2n) is 4.96. The van der Waals surface area contributed by atoms with Gasteiger partial charge in [0.1, 0.15) is 5.60 Å². The van der Waals surface area contributed by atoms with Gasteiger partial charge in [-0.2, -0.15) is 6.42 Å². The van der Waals surface area contributed by atoms with Crippen LogP contribution < -0.4 is 63.5 Å². The van der Waals surface area contributed by atoms with Gasteiger partial charge in [0.15, 0.2) is 0 Å². The molecule has 4 nitrogen and oxygen atoms in total. The summed E-state index contributed by atoms with van der Waals surface area (Å²) in [6.07, 6.45) is 2.98. The van der Waals surface area contributed by atoms with E-state index < -0.39 is 5.60 Å². The van der Waals surface area contributed by atoms with Gasteiger partial charge in [0.2, 0.25) is 0 Å². The summed E-state index contributed by atoms with van der Waals surface area (Å²) >= 11 is 0. The Morgan fingerprint density at radius 2 is 2.19 bits per heavy atom. The Balaban J connectivity index is 0.00000225. The fraction of sp³-hybridized carbons (Fsp3) is 0.818. The number of carbonyl (C=O) groups excluding carboxylic acids is 1. The van der Waals surface area contributed by atoms with Gasteiger partial charge in [0.25, 0.3) is 0 Å². The van der Waals surface area contributed by atoms with E-state index in [0.29, 0.717) is 12.6 Å². The van der Waals surface area contributed by atoms with Crippen molar-refractivity contribution < 1.29 is 67.7 Å². The van der Waals surface area contributed by atoms with Crippen LogP contribution in [-0.4, -0.2) is 42.8 Å². The Morgan fingerprint density at radius 3 is 2.62 bits per heavy atom. The summed E-state index contributed by atoms with van der Waals surface area (Å²) in [5.41, 5.74) is -0.421. The minimum Gasteiger partial charge on any atom is -0.444 e. The number of rotatable bonds is 2. The molecular weight excluding hydrogens is 278 g/mol. The molecule has 5 heteroatoms. The molecule has 1 N–H and O–H groups in total. The van der Waals surface area contributed by atoms with Crippen LogP contribution in [-0.2, 0) is 4.74 Å². The number of hydrogen-bond donors (Lipinski definition) is 1. The average molecular weight is 299 g/mol. The summed E-state index contributed by atoms with van der Waals surface area (Å²) in [6, 6.07) is 0.345. The van der Waals surface area contributed by atoms with Gasteiger partial charge in [-0.1, -0.05) is 6.04 Å². The minimum absolute atomic E-state index is 0. The molecule has 0 radical (unpaired) electrons. The number of carbonyl (C=O) groups is 1. The molecule has 1 rings (SSSR count). The number of likely N-dealkylation sites (N-methyl/N-ethyl adjacent to an activating group) is 1. The Morgan fingerprint density at radius 1 is 1.56 bits per heavy atom. The van der Waals surface area contributed by atoms with Gasteiger partial charge in [-0.05, 0) is 34.4 Å². The predicted molar refractivity (Wildman–Crippen MR) is 59.6 cm³/mol. The normalized spacial score (nSPS) is 21.4. The molecule has 0 saturated carbocycles. The van der Waals surface area contributed by atoms with Gasteiger partial charge < -0.3 is 21.4 Å². The molecule has 1 amide bonds. The number of likely N-dealkylation sites (tertiary alicyclic amines) is 1. The van der Waals surface area contributed by atoms with Gasteiger partial charge >= 0.3 is 64.3 Å². The monoisotopic (exact) mass is 298 g/mol. The Hall–Kier alpha value is 1.04. The number of amides is 1. The smallest absolute Gasteiger partial charge is 0.444 e. The van der Waals surface area contributed by atoms with Crippen molar-refractivity contribution in [2.45, 2.75) is 38.8 Å². The molecule has 0 aromatic carbocycles. The first-order chi connectivity index (χ1) is 6.88. The van der Waals surface area contributed by atoms with E-state index in [9.17, 15) is 4.79 Å². The molecule has 88 valence electrons. The van der Waals surface area contributed by atoms with Gasteiger partial charge in [0.05, 0.1) is 0 Å². The molecule has 1 heterocycles. The van der Waals surface area contributed by atoms with E-state index in [1.807, 2.05) is 20.8 Å². The molecule has 0 aromatic rings. The predicted octanol–water partition coefficient (Wildman–Crippen LogP) is -1.58. The number of ether oxygens (including phenoxy) is 1. The molecule has 1 aliphatic rings. The summed E-state index contributed by atoms with van der Waals surface area (Å²) in [5, 5.41) is 2.78. The van der Waals surface area contributed by atoms with Gasteiger partial charge in [-0.15, -0.1) is 0 Å². The maximum absolute atomic E-state index is 11.4. The van der Waals surface area contributed by atoms with Crippen molar-refractivity contribution in [3.8, 4) is 0 Å². The maximum atomic E-state index is 11.4. The third kappa shape index (κ3) is 6.69. The minimum atomic E-state index is -0.421. The zero-order chi connectivity index (χ0) is 11.5. The second kappa shape index (κ2) is 7.47. The van der Waals surface area contributed by atoms with Crippen molar-refractivity contribution >= 4 is 6.09 Å². The van der Waals surface area contributed by atoms with Crippen molar-refractivity contribution in [1.82, 2.24) is 10.2 Å². The number of nitrogens with zero attached hydrogens (tertiary/aromatic N) is 1. The van der Waals surface area contributed by atoms with Crippen molar-refractivity contribution in [3.05, 3.63) is 6.42 Å².